The number of aromatic nitrogens is 5. The van der Waals surface area contributed by atoms with Gasteiger partial charge in [-0.1, -0.05) is 29.4 Å². The van der Waals surface area contributed by atoms with Gasteiger partial charge in [-0.05, 0) is 63.1 Å². The molecule has 3 aromatic heterocycles. The Bertz CT molecular complexity index is 1450. The molecule has 2 aliphatic rings. The Balaban J connectivity index is 1.28. The van der Waals surface area contributed by atoms with E-state index >= 15 is 0 Å². The summed E-state index contributed by atoms with van der Waals surface area (Å²) in [6.07, 6.45) is 5.89. The van der Waals surface area contributed by atoms with Crippen LogP contribution in [0.2, 0.25) is 0 Å². The number of rotatable bonds is 5. The molecule has 0 bridgehead atoms. The molecule has 9 heteroatoms. The van der Waals surface area contributed by atoms with Crippen LogP contribution in [0.5, 0.6) is 0 Å². The Labute approximate surface area is 215 Å². The van der Waals surface area contributed by atoms with E-state index < -0.39 is 0 Å². The van der Waals surface area contributed by atoms with E-state index in [-0.39, 0.29) is 17.9 Å². The fourth-order valence-electron chi connectivity index (χ4n) is 5.64. The molecule has 0 spiro atoms. The van der Waals surface area contributed by atoms with E-state index in [0.717, 1.165) is 68.1 Å². The van der Waals surface area contributed by atoms with Crippen LogP contribution >= 0.6 is 0 Å². The third kappa shape index (κ3) is 4.31. The summed E-state index contributed by atoms with van der Waals surface area (Å²) in [5.41, 5.74) is 6.66. The number of amides is 1. The van der Waals surface area contributed by atoms with Gasteiger partial charge >= 0.3 is 0 Å². The standard InChI is InChI=1S/C28H32N6O3/c1-17-7-4-5-8-21(17)15-22-18(2)30-26-23(16-29-34(26)19(22)3)28(35)33-12-6-9-24(33)27-31-25(32-37-27)20-10-13-36-14-11-20/h4-5,7-8,16,20,24H,6,9-15H2,1-3H3. The van der Waals surface area contributed by atoms with E-state index in [4.69, 9.17) is 19.2 Å². The summed E-state index contributed by atoms with van der Waals surface area (Å²) in [6, 6.07) is 8.16. The minimum Gasteiger partial charge on any atom is -0.381 e. The third-order valence-corrected chi connectivity index (χ3v) is 7.91. The highest BCUT2D eigenvalue weighted by atomic mass is 16.5. The van der Waals surface area contributed by atoms with Gasteiger partial charge in [0.05, 0.1) is 6.20 Å². The van der Waals surface area contributed by atoms with E-state index in [1.165, 1.54) is 11.1 Å². The maximum Gasteiger partial charge on any atom is 0.260 e. The van der Waals surface area contributed by atoms with Crippen LogP contribution in [0, 0.1) is 20.8 Å². The SMILES string of the molecule is Cc1ccccc1Cc1c(C)nc2c(C(=O)N3CCCC3c3nc(C4CCOCC4)no3)cnn2c1C. The molecule has 5 heterocycles. The number of benzene rings is 1. The lowest BCUT2D eigenvalue weighted by Gasteiger charge is -2.21. The van der Waals surface area contributed by atoms with Crippen LogP contribution < -0.4 is 0 Å². The number of ether oxygens (including phenoxy) is 1. The van der Waals surface area contributed by atoms with Gasteiger partial charge in [0.1, 0.15) is 11.6 Å². The zero-order valence-corrected chi connectivity index (χ0v) is 21.6. The van der Waals surface area contributed by atoms with Crippen LogP contribution in [0.3, 0.4) is 0 Å². The van der Waals surface area contributed by atoms with Gasteiger partial charge in [-0.25, -0.2) is 9.50 Å². The molecule has 2 fully saturated rings. The average molecular weight is 501 g/mol. The number of hydrogen-bond acceptors (Lipinski definition) is 7. The van der Waals surface area contributed by atoms with Gasteiger partial charge in [-0.2, -0.15) is 10.1 Å². The quantitative estimate of drug-likeness (QED) is 0.398. The predicted octanol–water partition coefficient (Wildman–Crippen LogP) is 4.50. The molecule has 0 N–H and O–H groups in total. The molecule has 9 nitrogen and oxygen atoms in total. The highest BCUT2D eigenvalue weighted by molar-refractivity contribution is 6.00. The normalized spacial score (nSPS) is 18.7. The van der Waals surface area contributed by atoms with Crippen LogP contribution in [-0.4, -0.2) is 55.3 Å². The molecular formula is C28H32N6O3. The lowest BCUT2D eigenvalue weighted by molar-refractivity contribution is 0.0711. The van der Waals surface area contributed by atoms with Crippen LogP contribution in [-0.2, 0) is 11.2 Å². The molecule has 0 aliphatic carbocycles. The molecule has 2 saturated heterocycles. The van der Waals surface area contributed by atoms with Crippen molar-refractivity contribution in [3.63, 3.8) is 0 Å². The van der Waals surface area contributed by atoms with Gasteiger partial charge in [0.15, 0.2) is 11.5 Å². The van der Waals surface area contributed by atoms with Crippen LogP contribution in [0.4, 0.5) is 0 Å². The van der Waals surface area contributed by atoms with Crippen molar-refractivity contribution < 1.29 is 14.1 Å². The Morgan fingerprint density at radius 1 is 1.08 bits per heavy atom. The molecular weight excluding hydrogens is 468 g/mol. The molecule has 0 saturated carbocycles. The number of likely N-dealkylation sites (tertiary alicyclic amines) is 1. The van der Waals surface area contributed by atoms with Crippen molar-refractivity contribution in [2.24, 2.45) is 0 Å². The van der Waals surface area contributed by atoms with Crippen LogP contribution in [0.1, 0.15) is 87.8 Å². The van der Waals surface area contributed by atoms with Crippen LogP contribution in [0.15, 0.2) is 35.0 Å². The lowest BCUT2D eigenvalue weighted by atomic mass is 9.99. The Morgan fingerprint density at radius 3 is 2.70 bits per heavy atom. The topological polar surface area (TPSA) is 98.7 Å². The molecule has 1 atom stereocenters. The minimum absolute atomic E-state index is 0.0960. The van der Waals surface area contributed by atoms with Crippen molar-refractivity contribution in [2.45, 2.75) is 64.8 Å². The van der Waals surface area contributed by atoms with E-state index in [1.807, 2.05) is 18.7 Å². The first-order valence-corrected chi connectivity index (χ1v) is 13.1. The molecule has 1 aromatic carbocycles. The van der Waals surface area contributed by atoms with Gasteiger partial charge in [0.25, 0.3) is 5.91 Å². The van der Waals surface area contributed by atoms with Crippen molar-refractivity contribution in [1.29, 1.82) is 0 Å². The molecule has 192 valence electrons. The fourth-order valence-corrected chi connectivity index (χ4v) is 5.64. The zero-order chi connectivity index (χ0) is 25.5. The monoisotopic (exact) mass is 500 g/mol. The maximum atomic E-state index is 13.8. The van der Waals surface area contributed by atoms with Crippen molar-refractivity contribution in [3.05, 3.63) is 75.8 Å². The first-order chi connectivity index (χ1) is 18.0. The van der Waals surface area contributed by atoms with Crippen molar-refractivity contribution in [2.75, 3.05) is 19.8 Å². The molecule has 6 rings (SSSR count). The third-order valence-electron chi connectivity index (χ3n) is 7.91. The highest BCUT2D eigenvalue weighted by Crippen LogP contribution is 2.34. The second kappa shape index (κ2) is 9.70. The minimum atomic E-state index is -0.230. The highest BCUT2D eigenvalue weighted by Gasteiger charge is 2.36. The first kappa shape index (κ1) is 23.8. The van der Waals surface area contributed by atoms with Gasteiger partial charge < -0.3 is 14.2 Å². The number of nitrogens with zero attached hydrogens (tertiary/aromatic N) is 6. The molecule has 0 radical (unpaired) electrons. The zero-order valence-electron chi connectivity index (χ0n) is 21.6. The maximum absolute atomic E-state index is 13.8. The average Bonchev–Trinajstić information content (AvgIpc) is 3.67. The lowest BCUT2D eigenvalue weighted by Crippen LogP contribution is -2.31. The molecule has 4 aromatic rings. The fraction of sp³-hybridized carbons (Fsp3) is 0.464. The number of hydrogen-bond donors (Lipinski definition) is 0. The van der Waals surface area contributed by atoms with Crippen molar-refractivity contribution in [1.82, 2.24) is 29.6 Å². The summed E-state index contributed by atoms with van der Waals surface area (Å²) in [4.78, 5) is 25.2. The molecule has 2 aliphatic heterocycles. The molecule has 37 heavy (non-hydrogen) atoms. The summed E-state index contributed by atoms with van der Waals surface area (Å²) in [6.45, 7) is 8.26. The second-order valence-corrected chi connectivity index (χ2v) is 10.2. The van der Waals surface area contributed by atoms with Crippen molar-refractivity contribution in [3.8, 4) is 0 Å². The van der Waals surface area contributed by atoms with E-state index in [0.29, 0.717) is 23.6 Å². The Hall–Kier alpha value is -3.59. The number of fused-ring (bicyclic) bond motifs is 1. The van der Waals surface area contributed by atoms with E-state index in [9.17, 15) is 4.79 Å². The van der Waals surface area contributed by atoms with E-state index in [2.05, 4.69) is 41.4 Å². The van der Waals surface area contributed by atoms with Gasteiger partial charge in [0.2, 0.25) is 5.89 Å². The summed E-state index contributed by atoms with van der Waals surface area (Å²) >= 11 is 0. The number of carbonyl (C=O) groups is 1. The first-order valence-electron chi connectivity index (χ1n) is 13.1. The summed E-state index contributed by atoms with van der Waals surface area (Å²) in [5.74, 6) is 1.40. The number of carbonyl (C=O) groups excluding carboxylic acids is 1. The van der Waals surface area contributed by atoms with Gasteiger partial charge in [-0.3, -0.25) is 4.79 Å². The Kier molecular flexibility index (Phi) is 6.24. The van der Waals surface area contributed by atoms with Crippen LogP contribution in [0.25, 0.3) is 5.65 Å². The Morgan fingerprint density at radius 2 is 1.89 bits per heavy atom. The number of aryl methyl sites for hydroxylation is 3. The smallest absolute Gasteiger partial charge is 0.260 e. The second-order valence-electron chi connectivity index (χ2n) is 10.2. The molecule has 1 unspecified atom stereocenters. The van der Waals surface area contributed by atoms with Crippen molar-refractivity contribution >= 4 is 11.6 Å². The van der Waals surface area contributed by atoms with Gasteiger partial charge in [0, 0.05) is 43.5 Å². The van der Waals surface area contributed by atoms with E-state index in [1.54, 1.807) is 10.7 Å². The summed E-state index contributed by atoms with van der Waals surface area (Å²) < 4.78 is 12.9. The summed E-state index contributed by atoms with van der Waals surface area (Å²) in [5, 5.41) is 8.84. The summed E-state index contributed by atoms with van der Waals surface area (Å²) in [7, 11) is 0. The van der Waals surface area contributed by atoms with Gasteiger partial charge in [-0.15, -0.1) is 0 Å². The predicted molar refractivity (Wildman–Crippen MR) is 137 cm³/mol. The molecule has 1 amide bonds. The largest absolute Gasteiger partial charge is 0.381 e.